The lowest BCUT2D eigenvalue weighted by molar-refractivity contribution is 0.0741. The molecule has 1 aliphatic heterocycles. The third kappa shape index (κ3) is 5.46. The zero-order valence-corrected chi connectivity index (χ0v) is 18.7. The van der Waals surface area contributed by atoms with Gasteiger partial charge < -0.3 is 15.1 Å². The van der Waals surface area contributed by atoms with E-state index >= 15 is 0 Å². The van der Waals surface area contributed by atoms with Gasteiger partial charge in [0.1, 0.15) is 5.69 Å². The van der Waals surface area contributed by atoms with Crippen LogP contribution >= 0.6 is 34.5 Å². The summed E-state index contributed by atoms with van der Waals surface area (Å²) in [4.78, 5) is 33.2. The quantitative estimate of drug-likeness (QED) is 0.552. The largest absolute Gasteiger partial charge is 0.368 e. The molecule has 0 aliphatic carbocycles. The first-order valence-electron chi connectivity index (χ1n) is 9.57. The fraction of sp³-hybridized carbons (Fsp3) is 0.190. The molecule has 31 heavy (non-hydrogen) atoms. The van der Waals surface area contributed by atoms with Gasteiger partial charge in [-0.2, -0.15) is 0 Å². The van der Waals surface area contributed by atoms with E-state index in [1.807, 2.05) is 24.3 Å². The van der Waals surface area contributed by atoms with Crippen LogP contribution in [0.3, 0.4) is 0 Å². The van der Waals surface area contributed by atoms with Crippen molar-refractivity contribution in [3.63, 3.8) is 0 Å². The van der Waals surface area contributed by atoms with Crippen molar-refractivity contribution in [2.45, 2.75) is 0 Å². The van der Waals surface area contributed by atoms with Crippen LogP contribution in [0.5, 0.6) is 0 Å². The summed E-state index contributed by atoms with van der Waals surface area (Å²) in [5.74, 6) is -0.141. The molecule has 3 amide bonds. The van der Waals surface area contributed by atoms with Crippen molar-refractivity contribution in [3.8, 4) is 0 Å². The van der Waals surface area contributed by atoms with Gasteiger partial charge in [0.25, 0.3) is 5.91 Å². The maximum Gasteiger partial charge on any atom is 0.325 e. The second-order valence-electron chi connectivity index (χ2n) is 6.88. The van der Waals surface area contributed by atoms with Gasteiger partial charge in [0.15, 0.2) is 5.13 Å². The van der Waals surface area contributed by atoms with Crippen LogP contribution in [0.1, 0.15) is 10.5 Å². The Morgan fingerprint density at radius 1 is 0.871 bits per heavy atom. The minimum absolute atomic E-state index is 0.141. The Bertz CT molecular complexity index is 1060. The van der Waals surface area contributed by atoms with Crippen molar-refractivity contribution >= 4 is 63.0 Å². The number of hydrogen-bond donors (Lipinski definition) is 2. The van der Waals surface area contributed by atoms with E-state index in [0.29, 0.717) is 39.6 Å². The van der Waals surface area contributed by atoms with E-state index in [-0.39, 0.29) is 5.91 Å². The lowest BCUT2D eigenvalue weighted by Crippen LogP contribution is -2.48. The number of hydrogen-bond acceptors (Lipinski definition) is 5. The van der Waals surface area contributed by atoms with Gasteiger partial charge in [-0.1, -0.05) is 23.2 Å². The van der Waals surface area contributed by atoms with E-state index in [2.05, 4.69) is 20.5 Å². The number of aromatic nitrogens is 1. The number of thiazole rings is 1. The second kappa shape index (κ2) is 9.55. The highest BCUT2D eigenvalue weighted by Crippen LogP contribution is 2.22. The molecule has 2 N–H and O–H groups in total. The maximum absolute atomic E-state index is 12.8. The van der Waals surface area contributed by atoms with Crippen LogP contribution in [0, 0.1) is 0 Å². The Balaban J connectivity index is 1.30. The minimum Gasteiger partial charge on any atom is -0.368 e. The van der Waals surface area contributed by atoms with E-state index in [9.17, 15) is 9.59 Å². The number of halogens is 2. The van der Waals surface area contributed by atoms with Gasteiger partial charge in [0.05, 0.1) is 0 Å². The van der Waals surface area contributed by atoms with Crippen molar-refractivity contribution in [2.75, 3.05) is 41.7 Å². The topological polar surface area (TPSA) is 77.6 Å². The van der Waals surface area contributed by atoms with Gasteiger partial charge in [-0.3, -0.25) is 10.1 Å². The molecule has 1 aliphatic rings. The van der Waals surface area contributed by atoms with Gasteiger partial charge in [0, 0.05) is 53.0 Å². The van der Waals surface area contributed by atoms with Crippen molar-refractivity contribution in [1.29, 1.82) is 0 Å². The van der Waals surface area contributed by atoms with E-state index in [1.165, 1.54) is 11.3 Å². The summed E-state index contributed by atoms with van der Waals surface area (Å²) in [7, 11) is 0. The number of nitrogens with one attached hydrogen (secondary N) is 2. The summed E-state index contributed by atoms with van der Waals surface area (Å²) >= 11 is 13.0. The normalized spacial score (nSPS) is 13.7. The fourth-order valence-corrected chi connectivity index (χ4v) is 4.14. The first kappa shape index (κ1) is 21.4. The number of piperazine rings is 1. The van der Waals surface area contributed by atoms with Crippen molar-refractivity contribution in [2.24, 2.45) is 0 Å². The molecule has 0 saturated carbocycles. The Labute approximate surface area is 193 Å². The standard InChI is InChI=1S/C21H19Cl2N5O2S/c22-14-1-5-16(6-2-14)24-20(30)26-21-25-18(13-31-21)19(29)28-11-9-27(10-12-28)17-7-3-15(23)4-8-17/h1-8,13H,9-12H2,(H2,24,25,26,30). The smallest absolute Gasteiger partial charge is 0.325 e. The molecule has 2 heterocycles. The first-order chi connectivity index (χ1) is 15.0. The monoisotopic (exact) mass is 475 g/mol. The molecule has 0 bridgehead atoms. The number of anilines is 3. The number of nitrogens with zero attached hydrogens (tertiary/aromatic N) is 3. The Morgan fingerprint density at radius 3 is 2.13 bits per heavy atom. The van der Waals surface area contributed by atoms with E-state index in [1.54, 1.807) is 34.5 Å². The molecular weight excluding hydrogens is 457 g/mol. The fourth-order valence-electron chi connectivity index (χ4n) is 3.20. The summed E-state index contributed by atoms with van der Waals surface area (Å²) in [5, 5.41) is 8.65. The second-order valence-corrected chi connectivity index (χ2v) is 8.61. The van der Waals surface area contributed by atoms with Crippen molar-refractivity contribution in [3.05, 3.63) is 69.7 Å². The van der Waals surface area contributed by atoms with Gasteiger partial charge in [0.2, 0.25) is 0 Å². The van der Waals surface area contributed by atoms with E-state index < -0.39 is 6.03 Å². The number of amides is 3. The van der Waals surface area contributed by atoms with Gasteiger partial charge in [-0.15, -0.1) is 11.3 Å². The molecule has 1 aromatic heterocycles. The van der Waals surface area contributed by atoms with Gasteiger partial charge in [-0.25, -0.2) is 9.78 Å². The molecule has 4 rings (SSSR count). The molecule has 2 aromatic carbocycles. The number of carbonyl (C=O) groups is 2. The lowest BCUT2D eigenvalue weighted by atomic mass is 10.2. The summed E-state index contributed by atoms with van der Waals surface area (Å²) in [6.07, 6.45) is 0. The third-order valence-electron chi connectivity index (χ3n) is 4.80. The highest BCUT2D eigenvalue weighted by atomic mass is 35.5. The summed E-state index contributed by atoms with van der Waals surface area (Å²) in [6, 6.07) is 14.0. The molecule has 0 spiro atoms. The van der Waals surface area contributed by atoms with Crippen LogP contribution in [0.4, 0.5) is 21.3 Å². The Hall–Kier alpha value is -2.81. The predicted molar refractivity (Wildman–Crippen MR) is 126 cm³/mol. The molecule has 1 fully saturated rings. The summed E-state index contributed by atoms with van der Waals surface area (Å²) < 4.78 is 0. The first-order valence-corrected chi connectivity index (χ1v) is 11.2. The molecule has 1 saturated heterocycles. The molecule has 0 unspecified atom stereocenters. The van der Waals surface area contributed by atoms with E-state index in [0.717, 1.165) is 18.8 Å². The van der Waals surface area contributed by atoms with Crippen LogP contribution < -0.4 is 15.5 Å². The number of rotatable bonds is 4. The van der Waals surface area contributed by atoms with Crippen molar-refractivity contribution in [1.82, 2.24) is 9.88 Å². The Kier molecular flexibility index (Phi) is 6.60. The molecule has 0 atom stereocenters. The predicted octanol–water partition coefficient (Wildman–Crippen LogP) is 5.06. The van der Waals surface area contributed by atoms with E-state index in [4.69, 9.17) is 23.2 Å². The summed E-state index contributed by atoms with van der Waals surface area (Å²) in [5.41, 5.74) is 2.02. The number of carbonyl (C=O) groups excluding carboxylic acids is 2. The average molecular weight is 476 g/mol. The SMILES string of the molecule is O=C(Nc1ccc(Cl)cc1)Nc1nc(C(=O)N2CCN(c3ccc(Cl)cc3)CC2)cs1. The Morgan fingerprint density at radius 2 is 1.48 bits per heavy atom. The molecule has 3 aromatic rings. The van der Waals surface area contributed by atoms with Crippen molar-refractivity contribution < 1.29 is 9.59 Å². The van der Waals surface area contributed by atoms with Crippen LogP contribution in [-0.2, 0) is 0 Å². The molecule has 7 nitrogen and oxygen atoms in total. The third-order valence-corrected chi connectivity index (χ3v) is 6.07. The molecule has 0 radical (unpaired) electrons. The highest BCUT2D eigenvalue weighted by Gasteiger charge is 2.24. The van der Waals surface area contributed by atoms with Gasteiger partial charge >= 0.3 is 6.03 Å². The lowest BCUT2D eigenvalue weighted by Gasteiger charge is -2.35. The molecule has 160 valence electrons. The zero-order valence-electron chi connectivity index (χ0n) is 16.3. The molecular formula is C21H19Cl2N5O2S. The number of benzene rings is 2. The van der Waals surface area contributed by atoms with Crippen LogP contribution in [0.25, 0.3) is 0 Å². The van der Waals surface area contributed by atoms with Gasteiger partial charge in [-0.05, 0) is 48.5 Å². The maximum atomic E-state index is 12.8. The van der Waals surface area contributed by atoms with Crippen LogP contribution in [-0.4, -0.2) is 48.0 Å². The van der Waals surface area contributed by atoms with Crippen LogP contribution in [0.2, 0.25) is 10.0 Å². The highest BCUT2D eigenvalue weighted by molar-refractivity contribution is 7.14. The summed E-state index contributed by atoms with van der Waals surface area (Å²) in [6.45, 7) is 2.65. The number of urea groups is 1. The minimum atomic E-state index is -0.438. The zero-order chi connectivity index (χ0) is 21.8. The molecule has 10 heteroatoms. The van der Waals surface area contributed by atoms with Crippen LogP contribution in [0.15, 0.2) is 53.9 Å². The average Bonchev–Trinajstić information content (AvgIpc) is 3.24.